The van der Waals surface area contributed by atoms with E-state index in [2.05, 4.69) is 6.92 Å². The molecule has 0 heterocycles. The van der Waals surface area contributed by atoms with Crippen LogP contribution < -0.4 is 0 Å². The first-order valence-corrected chi connectivity index (χ1v) is 4.92. The van der Waals surface area contributed by atoms with E-state index in [1.54, 1.807) is 19.3 Å². The van der Waals surface area contributed by atoms with E-state index < -0.39 is 0 Å². The van der Waals surface area contributed by atoms with Crippen LogP contribution >= 0.6 is 0 Å². The van der Waals surface area contributed by atoms with Gasteiger partial charge in [-0.05, 0) is 48.9 Å². The van der Waals surface area contributed by atoms with Gasteiger partial charge in [0.2, 0.25) is 0 Å². The average molecular weight is 136 g/mol. The molecule has 0 N–H and O–H groups in total. The van der Waals surface area contributed by atoms with E-state index in [4.69, 9.17) is 0 Å². The monoisotopic (exact) mass is 136 g/mol. The van der Waals surface area contributed by atoms with Crippen molar-refractivity contribution in [2.24, 2.45) is 29.6 Å². The Bertz CT molecular complexity index is 161. The van der Waals surface area contributed by atoms with Crippen LogP contribution in [-0.2, 0) is 0 Å². The molecule has 0 radical (unpaired) electrons. The third-order valence-electron chi connectivity index (χ3n) is 4.37. The molecule has 0 aromatic rings. The lowest BCUT2D eigenvalue weighted by Crippen LogP contribution is -2.28. The quantitative estimate of drug-likeness (QED) is 0.520. The summed E-state index contributed by atoms with van der Waals surface area (Å²) >= 11 is 0. The maximum Gasteiger partial charge on any atom is -0.0323 e. The fourth-order valence-electron chi connectivity index (χ4n) is 3.81. The van der Waals surface area contributed by atoms with E-state index in [0.717, 1.165) is 5.92 Å². The molecule has 3 aliphatic rings. The first-order chi connectivity index (χ1) is 4.92. The summed E-state index contributed by atoms with van der Waals surface area (Å²) < 4.78 is 0. The number of hydrogen-bond donors (Lipinski definition) is 0. The van der Waals surface area contributed by atoms with Crippen molar-refractivity contribution < 1.29 is 0 Å². The van der Waals surface area contributed by atoms with Gasteiger partial charge in [-0.25, -0.2) is 0 Å². The molecule has 0 saturated heterocycles. The minimum atomic E-state index is 1.15. The standard InChI is InChI=1S/C10H16/c1-2-6-3-4-7-8-5-9(8)10(6)7/h6-10H,2-5H2,1H3. The van der Waals surface area contributed by atoms with Crippen LogP contribution in [0.3, 0.4) is 0 Å². The molecular weight excluding hydrogens is 120 g/mol. The second-order valence-electron chi connectivity index (χ2n) is 4.55. The zero-order chi connectivity index (χ0) is 6.72. The highest BCUT2D eigenvalue weighted by atomic mass is 14.7. The van der Waals surface area contributed by atoms with E-state index in [0.29, 0.717) is 0 Å². The van der Waals surface area contributed by atoms with Crippen LogP contribution in [0.5, 0.6) is 0 Å². The van der Waals surface area contributed by atoms with E-state index in [9.17, 15) is 0 Å². The predicted molar refractivity (Wildman–Crippen MR) is 41.6 cm³/mol. The van der Waals surface area contributed by atoms with Gasteiger partial charge >= 0.3 is 0 Å². The third kappa shape index (κ3) is 0.466. The SMILES string of the molecule is CCC1CCC2C3CC3C12. The summed E-state index contributed by atoms with van der Waals surface area (Å²) in [5, 5.41) is 0. The predicted octanol–water partition coefficient (Wildman–Crippen LogP) is 2.69. The second kappa shape index (κ2) is 1.60. The fraction of sp³-hybridized carbons (Fsp3) is 1.00. The van der Waals surface area contributed by atoms with Gasteiger partial charge in [0.1, 0.15) is 0 Å². The highest BCUT2D eigenvalue weighted by molar-refractivity contribution is 5.13. The molecular formula is C10H16. The Morgan fingerprint density at radius 1 is 1.10 bits per heavy atom. The van der Waals surface area contributed by atoms with Crippen molar-refractivity contribution in [3.8, 4) is 0 Å². The van der Waals surface area contributed by atoms with Gasteiger partial charge in [0.25, 0.3) is 0 Å². The Kier molecular flexibility index (Phi) is 0.898. The molecule has 0 amide bonds. The Morgan fingerprint density at radius 3 is 2.80 bits per heavy atom. The molecule has 0 aromatic heterocycles. The Labute approximate surface area is 63.0 Å². The molecule has 3 fully saturated rings. The minimum Gasteiger partial charge on any atom is -0.0651 e. The van der Waals surface area contributed by atoms with Crippen LogP contribution in [0, 0.1) is 29.6 Å². The normalized spacial score (nSPS) is 62.7. The van der Waals surface area contributed by atoms with Gasteiger partial charge in [-0.15, -0.1) is 0 Å². The van der Waals surface area contributed by atoms with E-state index in [1.165, 1.54) is 30.1 Å². The van der Waals surface area contributed by atoms with Crippen LogP contribution in [0.4, 0.5) is 0 Å². The summed E-state index contributed by atoms with van der Waals surface area (Å²) in [6.45, 7) is 2.38. The van der Waals surface area contributed by atoms with Crippen LogP contribution in [0.1, 0.15) is 32.6 Å². The number of rotatable bonds is 1. The second-order valence-corrected chi connectivity index (χ2v) is 4.55. The van der Waals surface area contributed by atoms with Crippen LogP contribution in [0.15, 0.2) is 0 Å². The first kappa shape index (κ1) is 5.62. The lowest BCUT2D eigenvalue weighted by Gasteiger charge is -2.33. The average Bonchev–Trinajstić information content (AvgIpc) is 2.52. The Hall–Kier alpha value is 0. The molecule has 10 heavy (non-hydrogen) atoms. The maximum absolute atomic E-state index is 2.38. The van der Waals surface area contributed by atoms with Crippen molar-refractivity contribution in [3.05, 3.63) is 0 Å². The van der Waals surface area contributed by atoms with Gasteiger partial charge in [-0.2, -0.15) is 0 Å². The summed E-state index contributed by atoms with van der Waals surface area (Å²) in [5.74, 6) is 6.05. The summed E-state index contributed by atoms with van der Waals surface area (Å²) in [5.41, 5.74) is 0. The minimum absolute atomic E-state index is 1.15. The highest BCUT2D eigenvalue weighted by Crippen LogP contribution is 2.71. The smallest absolute Gasteiger partial charge is 0.0323 e. The van der Waals surface area contributed by atoms with Gasteiger partial charge in [-0.3, -0.25) is 0 Å². The summed E-state index contributed by atoms with van der Waals surface area (Å²) in [7, 11) is 0. The van der Waals surface area contributed by atoms with Crippen LogP contribution in [0.2, 0.25) is 0 Å². The lowest BCUT2D eigenvalue weighted by atomic mass is 9.72. The summed E-state index contributed by atoms with van der Waals surface area (Å²) in [6, 6.07) is 0. The molecule has 0 bridgehead atoms. The summed E-state index contributed by atoms with van der Waals surface area (Å²) in [6.07, 6.45) is 6.24. The van der Waals surface area contributed by atoms with Crippen molar-refractivity contribution >= 4 is 0 Å². The molecule has 0 aromatic carbocycles. The third-order valence-corrected chi connectivity index (χ3v) is 4.37. The highest BCUT2D eigenvalue weighted by Gasteiger charge is 2.64. The molecule has 56 valence electrons. The van der Waals surface area contributed by atoms with E-state index in [1.807, 2.05) is 0 Å². The molecule has 5 unspecified atom stereocenters. The lowest BCUT2D eigenvalue weighted by molar-refractivity contribution is 0.148. The van der Waals surface area contributed by atoms with Crippen molar-refractivity contribution in [2.75, 3.05) is 0 Å². The maximum atomic E-state index is 2.38. The number of hydrogen-bond acceptors (Lipinski definition) is 0. The molecule has 0 nitrogen and oxygen atoms in total. The van der Waals surface area contributed by atoms with Crippen molar-refractivity contribution in [1.29, 1.82) is 0 Å². The van der Waals surface area contributed by atoms with Gasteiger partial charge in [0.15, 0.2) is 0 Å². The van der Waals surface area contributed by atoms with Crippen molar-refractivity contribution in [3.63, 3.8) is 0 Å². The molecule has 3 rings (SSSR count). The zero-order valence-electron chi connectivity index (χ0n) is 6.72. The largest absolute Gasteiger partial charge is 0.0651 e. The summed E-state index contributed by atoms with van der Waals surface area (Å²) in [4.78, 5) is 0. The van der Waals surface area contributed by atoms with Gasteiger partial charge < -0.3 is 0 Å². The van der Waals surface area contributed by atoms with Gasteiger partial charge in [-0.1, -0.05) is 13.3 Å². The van der Waals surface area contributed by atoms with Crippen molar-refractivity contribution in [2.45, 2.75) is 32.6 Å². The molecule has 3 saturated carbocycles. The van der Waals surface area contributed by atoms with E-state index >= 15 is 0 Å². The van der Waals surface area contributed by atoms with Crippen molar-refractivity contribution in [1.82, 2.24) is 0 Å². The van der Waals surface area contributed by atoms with Crippen LogP contribution in [-0.4, -0.2) is 0 Å². The zero-order valence-corrected chi connectivity index (χ0v) is 6.72. The fourth-order valence-corrected chi connectivity index (χ4v) is 3.81. The molecule has 0 heteroatoms. The first-order valence-electron chi connectivity index (χ1n) is 4.92. The topological polar surface area (TPSA) is 0 Å². The van der Waals surface area contributed by atoms with Gasteiger partial charge in [0, 0.05) is 0 Å². The van der Waals surface area contributed by atoms with Gasteiger partial charge in [0.05, 0.1) is 0 Å². The Balaban J connectivity index is 1.80. The molecule has 5 atom stereocenters. The molecule has 0 aliphatic heterocycles. The molecule has 3 aliphatic carbocycles. The number of fused-ring (bicyclic) bond motifs is 4. The molecule has 0 spiro atoms. The van der Waals surface area contributed by atoms with E-state index in [-0.39, 0.29) is 0 Å². The Morgan fingerprint density at radius 2 is 2.00 bits per heavy atom. The van der Waals surface area contributed by atoms with Crippen LogP contribution in [0.25, 0.3) is 0 Å².